The number of nitrogens with zero attached hydrogens (tertiary/aromatic N) is 2. The van der Waals surface area contributed by atoms with Crippen LogP contribution in [0.25, 0.3) is 0 Å². The molecular formula is C13H20N2OS. The summed E-state index contributed by atoms with van der Waals surface area (Å²) >= 11 is 1.74. The highest BCUT2D eigenvalue weighted by Gasteiger charge is 2.30. The van der Waals surface area contributed by atoms with Crippen LogP contribution in [0.1, 0.15) is 31.0 Å². The van der Waals surface area contributed by atoms with Crippen LogP contribution in [0.15, 0.2) is 5.38 Å². The third-order valence-corrected chi connectivity index (χ3v) is 4.76. The zero-order chi connectivity index (χ0) is 12.4. The molecule has 0 aromatic carbocycles. The van der Waals surface area contributed by atoms with Crippen molar-refractivity contribution in [1.29, 1.82) is 0 Å². The van der Waals surface area contributed by atoms with E-state index in [0.717, 1.165) is 25.2 Å². The summed E-state index contributed by atoms with van der Waals surface area (Å²) in [6.45, 7) is 8.17. The van der Waals surface area contributed by atoms with Gasteiger partial charge in [0.15, 0.2) is 0 Å². The number of likely N-dealkylation sites (tertiary alicyclic amines) is 1. The lowest BCUT2D eigenvalue weighted by molar-refractivity contribution is -0.127. The minimum atomic E-state index is 0.182. The Bertz CT molecular complexity index is 402. The lowest BCUT2D eigenvalue weighted by Gasteiger charge is -2.36. The second-order valence-electron chi connectivity index (χ2n) is 4.91. The van der Waals surface area contributed by atoms with Crippen LogP contribution in [-0.4, -0.2) is 34.8 Å². The Morgan fingerprint density at radius 1 is 1.53 bits per heavy atom. The standard InChI is InChI=1S/C13H20N2OS/c1-9-8-17-13(14-9)5-7-15-6-4-12(16)10(2)11(15)3/h8,10-11H,4-7H2,1-3H3. The third-order valence-electron chi connectivity index (χ3n) is 3.73. The SMILES string of the molecule is Cc1csc(CCN2CCC(=O)C(C)C2C)n1. The van der Waals surface area contributed by atoms with Crippen molar-refractivity contribution in [2.45, 2.75) is 39.7 Å². The number of ketones is 1. The molecule has 17 heavy (non-hydrogen) atoms. The molecule has 2 rings (SSSR count). The second kappa shape index (κ2) is 5.27. The zero-order valence-electron chi connectivity index (χ0n) is 10.8. The number of aryl methyl sites for hydroxylation is 1. The van der Waals surface area contributed by atoms with Crippen LogP contribution in [0.5, 0.6) is 0 Å². The first-order valence-electron chi connectivity index (χ1n) is 6.25. The molecule has 0 amide bonds. The van der Waals surface area contributed by atoms with Gasteiger partial charge in [-0.25, -0.2) is 4.98 Å². The van der Waals surface area contributed by atoms with Crippen molar-refractivity contribution >= 4 is 17.1 Å². The fourth-order valence-corrected chi connectivity index (χ4v) is 3.11. The highest BCUT2D eigenvalue weighted by atomic mass is 32.1. The average Bonchev–Trinajstić information content (AvgIpc) is 2.71. The van der Waals surface area contributed by atoms with E-state index in [0.29, 0.717) is 18.2 Å². The van der Waals surface area contributed by atoms with E-state index in [1.165, 1.54) is 5.01 Å². The number of hydrogen-bond acceptors (Lipinski definition) is 4. The summed E-state index contributed by atoms with van der Waals surface area (Å²) in [6, 6.07) is 0.373. The van der Waals surface area contributed by atoms with E-state index in [1.807, 2.05) is 13.8 Å². The maximum Gasteiger partial charge on any atom is 0.138 e. The van der Waals surface area contributed by atoms with Gasteiger partial charge >= 0.3 is 0 Å². The van der Waals surface area contributed by atoms with E-state index in [4.69, 9.17) is 0 Å². The maximum absolute atomic E-state index is 11.6. The fraction of sp³-hybridized carbons (Fsp3) is 0.692. The minimum Gasteiger partial charge on any atom is -0.299 e. The number of Topliss-reactive ketones (excluding diaryl/α,β-unsaturated/α-hetero) is 1. The Morgan fingerprint density at radius 3 is 2.94 bits per heavy atom. The smallest absolute Gasteiger partial charge is 0.138 e. The number of aromatic nitrogens is 1. The molecule has 1 aromatic heterocycles. The van der Waals surface area contributed by atoms with Gasteiger partial charge in [-0.15, -0.1) is 11.3 Å². The molecule has 1 fully saturated rings. The van der Waals surface area contributed by atoms with Crippen molar-refractivity contribution in [3.63, 3.8) is 0 Å². The van der Waals surface area contributed by atoms with Crippen LogP contribution < -0.4 is 0 Å². The Morgan fingerprint density at radius 2 is 2.29 bits per heavy atom. The van der Waals surface area contributed by atoms with Crippen molar-refractivity contribution in [1.82, 2.24) is 9.88 Å². The summed E-state index contributed by atoms with van der Waals surface area (Å²) in [7, 11) is 0. The molecule has 3 nitrogen and oxygen atoms in total. The molecule has 0 bridgehead atoms. The van der Waals surface area contributed by atoms with Crippen LogP contribution in [0, 0.1) is 12.8 Å². The number of carbonyl (C=O) groups excluding carboxylic acids is 1. The zero-order valence-corrected chi connectivity index (χ0v) is 11.6. The Balaban J connectivity index is 1.89. The third kappa shape index (κ3) is 2.93. The van der Waals surface area contributed by atoms with Crippen LogP contribution >= 0.6 is 11.3 Å². The molecule has 2 unspecified atom stereocenters. The number of hydrogen-bond donors (Lipinski definition) is 0. The molecule has 1 aliphatic rings. The lowest BCUT2D eigenvalue weighted by atomic mass is 9.90. The van der Waals surface area contributed by atoms with E-state index in [1.54, 1.807) is 11.3 Å². The average molecular weight is 252 g/mol. The van der Waals surface area contributed by atoms with Crippen LogP contribution in [0.4, 0.5) is 0 Å². The highest BCUT2D eigenvalue weighted by Crippen LogP contribution is 2.20. The normalized spacial score (nSPS) is 26.4. The van der Waals surface area contributed by atoms with E-state index in [9.17, 15) is 4.79 Å². The summed E-state index contributed by atoms with van der Waals surface area (Å²) in [5.74, 6) is 0.598. The molecule has 1 aromatic rings. The molecule has 1 saturated heterocycles. The summed E-state index contributed by atoms with van der Waals surface area (Å²) in [4.78, 5) is 18.5. The fourth-order valence-electron chi connectivity index (χ4n) is 2.34. The van der Waals surface area contributed by atoms with Crippen molar-refractivity contribution in [2.75, 3.05) is 13.1 Å². The molecule has 1 aliphatic heterocycles. The molecule has 0 spiro atoms. The number of piperidine rings is 1. The monoisotopic (exact) mass is 252 g/mol. The first-order valence-corrected chi connectivity index (χ1v) is 7.13. The Hall–Kier alpha value is -0.740. The molecule has 0 saturated carbocycles. The minimum absolute atomic E-state index is 0.182. The van der Waals surface area contributed by atoms with Gasteiger partial charge in [0, 0.05) is 49.0 Å². The largest absolute Gasteiger partial charge is 0.299 e. The predicted molar refractivity (Wildman–Crippen MR) is 70.4 cm³/mol. The summed E-state index contributed by atoms with van der Waals surface area (Å²) in [5.41, 5.74) is 1.11. The van der Waals surface area contributed by atoms with E-state index in [-0.39, 0.29) is 5.92 Å². The van der Waals surface area contributed by atoms with Gasteiger partial charge in [0.1, 0.15) is 5.78 Å². The van der Waals surface area contributed by atoms with Gasteiger partial charge in [0.25, 0.3) is 0 Å². The van der Waals surface area contributed by atoms with Crippen molar-refractivity contribution < 1.29 is 4.79 Å². The topological polar surface area (TPSA) is 33.2 Å². The molecule has 94 valence electrons. The second-order valence-corrected chi connectivity index (χ2v) is 5.86. The van der Waals surface area contributed by atoms with Gasteiger partial charge in [-0.2, -0.15) is 0 Å². The van der Waals surface area contributed by atoms with Crippen molar-refractivity contribution in [3.05, 3.63) is 16.1 Å². The predicted octanol–water partition coefficient (Wildman–Crippen LogP) is 2.29. The molecular weight excluding hydrogens is 232 g/mol. The maximum atomic E-state index is 11.6. The van der Waals surface area contributed by atoms with Gasteiger partial charge in [-0.05, 0) is 13.8 Å². The molecule has 0 N–H and O–H groups in total. The molecule has 2 heterocycles. The molecule has 0 radical (unpaired) electrons. The quantitative estimate of drug-likeness (QED) is 0.827. The molecule has 0 aliphatic carbocycles. The highest BCUT2D eigenvalue weighted by molar-refractivity contribution is 7.09. The Kier molecular flexibility index (Phi) is 3.94. The Labute approximate surface area is 107 Å². The van der Waals surface area contributed by atoms with Gasteiger partial charge in [0.05, 0.1) is 5.01 Å². The van der Waals surface area contributed by atoms with Crippen LogP contribution in [-0.2, 0) is 11.2 Å². The van der Waals surface area contributed by atoms with E-state index < -0.39 is 0 Å². The van der Waals surface area contributed by atoms with Gasteiger partial charge in [-0.1, -0.05) is 6.92 Å². The van der Waals surface area contributed by atoms with Gasteiger partial charge in [0.2, 0.25) is 0 Å². The van der Waals surface area contributed by atoms with Gasteiger partial charge < -0.3 is 0 Å². The van der Waals surface area contributed by atoms with Crippen molar-refractivity contribution in [3.8, 4) is 0 Å². The number of rotatable bonds is 3. The lowest BCUT2D eigenvalue weighted by Crippen LogP contribution is -2.47. The number of thiazole rings is 1. The first kappa shape index (κ1) is 12.7. The van der Waals surface area contributed by atoms with Crippen LogP contribution in [0.2, 0.25) is 0 Å². The molecule has 4 heteroatoms. The van der Waals surface area contributed by atoms with E-state index >= 15 is 0 Å². The molecule has 2 atom stereocenters. The summed E-state index contributed by atoms with van der Waals surface area (Å²) in [6.07, 6.45) is 1.71. The number of carbonyl (C=O) groups is 1. The van der Waals surface area contributed by atoms with Gasteiger partial charge in [-0.3, -0.25) is 9.69 Å². The van der Waals surface area contributed by atoms with Crippen LogP contribution in [0.3, 0.4) is 0 Å². The summed E-state index contributed by atoms with van der Waals surface area (Å²) in [5, 5.41) is 3.31. The van der Waals surface area contributed by atoms with Crippen molar-refractivity contribution in [2.24, 2.45) is 5.92 Å². The first-order chi connectivity index (χ1) is 8.08. The van der Waals surface area contributed by atoms with E-state index in [2.05, 4.69) is 22.2 Å². The summed E-state index contributed by atoms with van der Waals surface area (Å²) < 4.78 is 0.